The third-order valence-electron chi connectivity index (χ3n) is 2.07. The molecule has 0 unspecified atom stereocenters. The van der Waals surface area contributed by atoms with Gasteiger partial charge in [0.25, 0.3) is 0 Å². The van der Waals surface area contributed by atoms with E-state index >= 15 is 0 Å². The molecule has 0 rings (SSSR count). The van der Waals surface area contributed by atoms with E-state index in [4.69, 9.17) is 30.6 Å². The molecule has 0 fully saturated rings. The van der Waals surface area contributed by atoms with Gasteiger partial charge in [0.05, 0.1) is 12.2 Å². The van der Waals surface area contributed by atoms with Crippen LogP contribution < -0.4 is 0 Å². The molecule has 0 radical (unpaired) electrons. The zero-order valence-corrected chi connectivity index (χ0v) is 11.9. The minimum absolute atomic E-state index is 0.0255. The second kappa shape index (κ2) is 9.92. The molecule has 3 atom stereocenters. The topological polar surface area (TPSA) is 156 Å². The van der Waals surface area contributed by atoms with Crippen molar-refractivity contribution in [1.29, 1.82) is 0 Å². The Morgan fingerprint density at radius 2 is 1.55 bits per heavy atom. The molecule has 0 spiro atoms. The van der Waals surface area contributed by atoms with Crippen molar-refractivity contribution < 1.29 is 40.2 Å². The molecule has 0 aromatic heterocycles. The van der Waals surface area contributed by atoms with Gasteiger partial charge in [-0.1, -0.05) is 0 Å². The van der Waals surface area contributed by atoms with Gasteiger partial charge in [-0.15, -0.1) is 0 Å². The van der Waals surface area contributed by atoms with Crippen LogP contribution in [0.1, 0.15) is 27.2 Å². The van der Waals surface area contributed by atoms with Crippen LogP contribution in [0.15, 0.2) is 0 Å². The lowest BCUT2D eigenvalue weighted by atomic mass is 10.0. The normalized spacial score (nSPS) is 15.7. The molecule has 120 valence electrons. The SMILES string of the molecule is CC(=O)CC(C)(C)O.O=C(CO)[C@@H](O)[C@H](O)[C@@H](O)CO. The van der Waals surface area contributed by atoms with Crippen molar-refractivity contribution in [2.24, 2.45) is 0 Å². The average molecular weight is 296 g/mol. The molecule has 0 amide bonds. The minimum atomic E-state index is -1.86. The first-order chi connectivity index (χ1) is 8.96. The predicted molar refractivity (Wildman–Crippen MR) is 68.8 cm³/mol. The van der Waals surface area contributed by atoms with Gasteiger partial charge in [-0.25, -0.2) is 0 Å². The summed E-state index contributed by atoms with van der Waals surface area (Å²) in [5, 5.41) is 52.0. The van der Waals surface area contributed by atoms with Crippen LogP contribution in [0.4, 0.5) is 0 Å². The lowest BCUT2D eigenvalue weighted by Gasteiger charge is -2.19. The van der Waals surface area contributed by atoms with Gasteiger partial charge in [0.2, 0.25) is 0 Å². The van der Waals surface area contributed by atoms with E-state index in [-0.39, 0.29) is 12.2 Å². The average Bonchev–Trinajstić information content (AvgIpc) is 2.32. The molecule has 0 aliphatic carbocycles. The number of Topliss-reactive ketones (excluding diaryl/α,β-unsaturated/α-hetero) is 2. The molecule has 0 saturated carbocycles. The molecule has 0 heterocycles. The Kier molecular flexibility index (Phi) is 10.6. The van der Waals surface area contributed by atoms with Gasteiger partial charge < -0.3 is 30.6 Å². The zero-order chi connectivity index (χ0) is 16.5. The zero-order valence-electron chi connectivity index (χ0n) is 11.9. The van der Waals surface area contributed by atoms with Crippen molar-refractivity contribution in [3.05, 3.63) is 0 Å². The van der Waals surface area contributed by atoms with E-state index in [1.54, 1.807) is 13.8 Å². The minimum Gasteiger partial charge on any atom is -0.394 e. The number of carbonyl (C=O) groups excluding carboxylic acids is 2. The second-order valence-corrected chi connectivity index (χ2v) is 5.00. The first-order valence-electron chi connectivity index (χ1n) is 5.96. The van der Waals surface area contributed by atoms with Crippen LogP contribution in [0.5, 0.6) is 0 Å². The highest BCUT2D eigenvalue weighted by Crippen LogP contribution is 2.06. The molecule has 0 saturated heterocycles. The Labute approximate surface area is 117 Å². The van der Waals surface area contributed by atoms with Gasteiger partial charge in [-0.3, -0.25) is 9.59 Å². The highest BCUT2D eigenvalue weighted by atomic mass is 16.4. The fraction of sp³-hybridized carbons (Fsp3) is 0.833. The van der Waals surface area contributed by atoms with Gasteiger partial charge in [0, 0.05) is 6.42 Å². The number of hydrogen-bond donors (Lipinski definition) is 6. The quantitative estimate of drug-likeness (QED) is 0.298. The Hall–Kier alpha value is -0.900. The number of rotatable bonds is 7. The number of aliphatic hydroxyl groups is 6. The van der Waals surface area contributed by atoms with E-state index in [2.05, 4.69) is 0 Å². The maximum atomic E-state index is 10.5. The van der Waals surface area contributed by atoms with Crippen LogP contribution in [0.25, 0.3) is 0 Å². The summed E-state index contributed by atoms with van der Waals surface area (Å²) in [5.41, 5.74) is -0.828. The van der Waals surface area contributed by atoms with Crippen molar-refractivity contribution in [1.82, 2.24) is 0 Å². The first kappa shape index (κ1) is 21.4. The van der Waals surface area contributed by atoms with Crippen LogP contribution in [0.3, 0.4) is 0 Å². The van der Waals surface area contributed by atoms with Crippen molar-refractivity contribution in [2.45, 2.75) is 51.1 Å². The molecule has 0 aromatic rings. The summed E-state index contributed by atoms with van der Waals surface area (Å²) in [7, 11) is 0. The Bertz CT molecular complexity index is 296. The molecular weight excluding hydrogens is 272 g/mol. The smallest absolute Gasteiger partial charge is 0.189 e. The number of aliphatic hydroxyl groups excluding tert-OH is 5. The Balaban J connectivity index is 0. The summed E-state index contributed by atoms with van der Waals surface area (Å²) in [6, 6.07) is 0. The summed E-state index contributed by atoms with van der Waals surface area (Å²) in [5.74, 6) is -0.979. The molecule has 0 aromatic carbocycles. The third kappa shape index (κ3) is 11.0. The van der Waals surface area contributed by atoms with Gasteiger partial charge >= 0.3 is 0 Å². The molecule has 0 aliphatic heterocycles. The van der Waals surface area contributed by atoms with E-state index in [0.29, 0.717) is 0 Å². The molecule has 0 aliphatic rings. The highest BCUT2D eigenvalue weighted by Gasteiger charge is 2.28. The molecular formula is C12H24O8. The largest absolute Gasteiger partial charge is 0.394 e. The van der Waals surface area contributed by atoms with Crippen molar-refractivity contribution in [2.75, 3.05) is 13.2 Å². The molecule has 8 heteroatoms. The Morgan fingerprint density at radius 1 is 1.10 bits per heavy atom. The lowest BCUT2D eigenvalue weighted by molar-refractivity contribution is -0.142. The fourth-order valence-corrected chi connectivity index (χ4v) is 1.21. The van der Waals surface area contributed by atoms with Crippen molar-refractivity contribution in [3.8, 4) is 0 Å². The maximum Gasteiger partial charge on any atom is 0.189 e. The van der Waals surface area contributed by atoms with E-state index in [0.717, 1.165) is 0 Å². The maximum absolute atomic E-state index is 10.5. The van der Waals surface area contributed by atoms with Gasteiger partial charge in [-0.05, 0) is 20.8 Å². The summed E-state index contributed by atoms with van der Waals surface area (Å²) in [6.07, 6.45) is -4.98. The number of hydrogen-bond acceptors (Lipinski definition) is 8. The number of carbonyl (C=O) groups is 2. The molecule has 6 N–H and O–H groups in total. The standard InChI is InChI=1S/C6H12O6.C6H12O2/c7-1-3(9)5(11)6(12)4(10)2-8;1-5(7)4-6(2,3)8/h3,5-9,11-12H,1-2H2;8H,4H2,1-3H3/t3-,5+,6+;/m0./s1. The Morgan fingerprint density at radius 3 is 1.75 bits per heavy atom. The van der Waals surface area contributed by atoms with E-state index < -0.39 is 42.9 Å². The van der Waals surface area contributed by atoms with E-state index in [1.807, 2.05) is 0 Å². The second-order valence-electron chi connectivity index (χ2n) is 5.00. The third-order valence-corrected chi connectivity index (χ3v) is 2.07. The molecule has 20 heavy (non-hydrogen) atoms. The highest BCUT2D eigenvalue weighted by molar-refractivity contribution is 5.84. The van der Waals surface area contributed by atoms with E-state index in [1.165, 1.54) is 6.92 Å². The monoisotopic (exact) mass is 296 g/mol. The van der Waals surface area contributed by atoms with Gasteiger partial charge in [-0.2, -0.15) is 0 Å². The fourth-order valence-electron chi connectivity index (χ4n) is 1.21. The van der Waals surface area contributed by atoms with Gasteiger partial charge in [0.15, 0.2) is 5.78 Å². The van der Waals surface area contributed by atoms with Crippen molar-refractivity contribution >= 4 is 11.6 Å². The van der Waals surface area contributed by atoms with Crippen LogP contribution in [0, 0.1) is 0 Å². The van der Waals surface area contributed by atoms with Crippen molar-refractivity contribution in [3.63, 3.8) is 0 Å². The first-order valence-corrected chi connectivity index (χ1v) is 5.96. The lowest BCUT2D eigenvalue weighted by Crippen LogP contribution is -2.44. The van der Waals surface area contributed by atoms with Crippen LogP contribution >= 0.6 is 0 Å². The van der Waals surface area contributed by atoms with Crippen LogP contribution in [0.2, 0.25) is 0 Å². The van der Waals surface area contributed by atoms with E-state index in [9.17, 15) is 9.59 Å². The van der Waals surface area contributed by atoms with Crippen LogP contribution in [-0.4, -0.2) is 79.3 Å². The molecule has 8 nitrogen and oxygen atoms in total. The summed E-state index contributed by atoms with van der Waals surface area (Å²) < 4.78 is 0. The van der Waals surface area contributed by atoms with Crippen LogP contribution in [-0.2, 0) is 9.59 Å². The summed E-state index contributed by atoms with van der Waals surface area (Å²) in [6.45, 7) is 3.02. The summed E-state index contributed by atoms with van der Waals surface area (Å²) >= 11 is 0. The van der Waals surface area contributed by atoms with Gasteiger partial charge in [0.1, 0.15) is 30.7 Å². The molecule has 0 bridgehead atoms. The summed E-state index contributed by atoms with van der Waals surface area (Å²) in [4.78, 5) is 20.8. The number of ketones is 2. The predicted octanol–water partition coefficient (Wildman–Crippen LogP) is -2.64.